The molecule has 0 bridgehead atoms. The Morgan fingerprint density at radius 1 is 1.00 bits per heavy atom. The Morgan fingerprint density at radius 2 is 1.71 bits per heavy atom. The van der Waals surface area contributed by atoms with Gasteiger partial charge in [0.1, 0.15) is 6.54 Å². The van der Waals surface area contributed by atoms with E-state index in [0.717, 1.165) is 38.2 Å². The molecule has 9 nitrogen and oxygen atoms in total. The Labute approximate surface area is 201 Å². The molecule has 0 saturated carbocycles. The third-order valence-corrected chi connectivity index (χ3v) is 5.81. The zero-order valence-electron chi connectivity index (χ0n) is 19.9. The molecule has 35 heavy (non-hydrogen) atoms. The van der Waals surface area contributed by atoms with Crippen LogP contribution >= 0.6 is 0 Å². The lowest BCUT2D eigenvalue weighted by molar-refractivity contribution is -0.117. The predicted octanol–water partition coefficient (Wildman–Crippen LogP) is 4.09. The van der Waals surface area contributed by atoms with Gasteiger partial charge in [-0.25, -0.2) is 13.9 Å². The summed E-state index contributed by atoms with van der Waals surface area (Å²) in [5.74, 6) is 0.331. The molecule has 1 N–H and O–H groups in total. The van der Waals surface area contributed by atoms with Crippen molar-refractivity contribution in [3.8, 4) is 22.8 Å². The van der Waals surface area contributed by atoms with E-state index in [1.807, 2.05) is 64.1 Å². The minimum Gasteiger partial charge on any atom is -0.333 e. The van der Waals surface area contributed by atoms with Crippen molar-refractivity contribution in [2.24, 2.45) is 0 Å². The third-order valence-electron chi connectivity index (χ3n) is 5.81. The number of fused-ring (bicyclic) bond motifs is 1. The van der Waals surface area contributed by atoms with Crippen molar-refractivity contribution >= 4 is 17.2 Å². The maximum atomic E-state index is 13.0. The van der Waals surface area contributed by atoms with Gasteiger partial charge in [-0.15, -0.1) is 5.10 Å². The van der Waals surface area contributed by atoms with Gasteiger partial charge in [-0.3, -0.25) is 4.79 Å². The summed E-state index contributed by atoms with van der Waals surface area (Å²) in [4.78, 5) is 30.2. The van der Waals surface area contributed by atoms with Crippen molar-refractivity contribution in [3.63, 3.8) is 0 Å². The van der Waals surface area contributed by atoms with Gasteiger partial charge >= 0.3 is 5.69 Å². The molecule has 0 aliphatic carbocycles. The van der Waals surface area contributed by atoms with Gasteiger partial charge in [0.25, 0.3) is 5.89 Å². The quantitative estimate of drug-likeness (QED) is 0.416. The van der Waals surface area contributed by atoms with Gasteiger partial charge in [0.15, 0.2) is 5.65 Å². The van der Waals surface area contributed by atoms with E-state index in [4.69, 9.17) is 4.52 Å². The number of rotatable bonds is 5. The number of benzene rings is 2. The Bertz CT molecular complexity index is 1600. The zero-order valence-corrected chi connectivity index (χ0v) is 19.9. The number of pyridine rings is 1. The lowest BCUT2D eigenvalue weighted by Gasteiger charge is -2.12. The summed E-state index contributed by atoms with van der Waals surface area (Å²) in [6.07, 6.45) is 1.59. The van der Waals surface area contributed by atoms with Crippen LogP contribution in [0.1, 0.15) is 22.3 Å². The number of nitrogens with one attached hydrogen (secondary N) is 1. The second-order valence-electron chi connectivity index (χ2n) is 8.67. The Balaban J connectivity index is 1.45. The number of carbonyl (C=O) groups is 1. The largest absolute Gasteiger partial charge is 0.350 e. The Hall–Kier alpha value is -4.53. The number of hydrogen-bond donors (Lipinski definition) is 1. The fourth-order valence-corrected chi connectivity index (χ4v) is 4.15. The second kappa shape index (κ2) is 8.68. The van der Waals surface area contributed by atoms with E-state index in [2.05, 4.69) is 20.6 Å². The fraction of sp³-hybridized carbons (Fsp3) is 0.192. The number of anilines is 1. The third kappa shape index (κ3) is 4.23. The van der Waals surface area contributed by atoms with Crippen LogP contribution < -0.4 is 11.0 Å². The van der Waals surface area contributed by atoms with Gasteiger partial charge in [0, 0.05) is 17.4 Å². The molecule has 0 unspecified atom stereocenters. The van der Waals surface area contributed by atoms with Crippen molar-refractivity contribution in [2.75, 3.05) is 5.32 Å². The van der Waals surface area contributed by atoms with E-state index >= 15 is 0 Å². The molecule has 0 spiro atoms. The van der Waals surface area contributed by atoms with Crippen LogP contribution in [-0.2, 0) is 11.3 Å². The lowest BCUT2D eigenvalue weighted by atomic mass is 10.1. The summed E-state index contributed by atoms with van der Waals surface area (Å²) in [6, 6.07) is 15.2. The first-order valence-corrected chi connectivity index (χ1v) is 11.2. The number of hydrogen-bond acceptors (Lipinski definition) is 6. The molecule has 0 radical (unpaired) electrons. The topological polar surface area (TPSA) is 107 Å². The van der Waals surface area contributed by atoms with Crippen LogP contribution in [0.3, 0.4) is 0 Å². The summed E-state index contributed by atoms with van der Waals surface area (Å²) in [5.41, 5.74) is 6.12. The zero-order chi connectivity index (χ0) is 24.7. The van der Waals surface area contributed by atoms with Crippen molar-refractivity contribution in [1.82, 2.24) is 24.3 Å². The SMILES string of the molecule is Cc1ccc(-c2noc(-c3cccn4c(=O)n(CC(=O)Nc5c(C)cc(C)cc5C)nc34)n2)cc1. The maximum absolute atomic E-state index is 13.0. The average molecular weight is 469 g/mol. The highest BCUT2D eigenvalue weighted by atomic mass is 16.5. The molecule has 2 aromatic carbocycles. The highest BCUT2D eigenvalue weighted by Crippen LogP contribution is 2.25. The number of amides is 1. The number of aromatic nitrogens is 5. The van der Waals surface area contributed by atoms with Crippen molar-refractivity contribution in [3.05, 3.63) is 87.5 Å². The van der Waals surface area contributed by atoms with Gasteiger partial charge < -0.3 is 9.84 Å². The smallest absolute Gasteiger partial charge is 0.333 e. The normalized spacial score (nSPS) is 11.2. The van der Waals surface area contributed by atoms with Gasteiger partial charge in [-0.1, -0.05) is 52.7 Å². The summed E-state index contributed by atoms with van der Waals surface area (Å²) >= 11 is 0. The van der Waals surface area contributed by atoms with Gasteiger partial charge in [-0.2, -0.15) is 4.98 Å². The molecule has 5 aromatic rings. The first-order valence-electron chi connectivity index (χ1n) is 11.2. The van der Waals surface area contributed by atoms with Gasteiger partial charge in [0.05, 0.1) is 5.56 Å². The molecule has 5 rings (SSSR count). The van der Waals surface area contributed by atoms with E-state index in [1.165, 1.54) is 4.40 Å². The molecule has 9 heteroatoms. The van der Waals surface area contributed by atoms with Crippen LogP contribution in [0.2, 0.25) is 0 Å². The Morgan fingerprint density at radius 3 is 2.43 bits per heavy atom. The molecule has 0 aliphatic rings. The van der Waals surface area contributed by atoms with E-state index in [9.17, 15) is 9.59 Å². The molecule has 0 fully saturated rings. The number of nitrogens with zero attached hydrogens (tertiary/aromatic N) is 5. The summed E-state index contributed by atoms with van der Waals surface area (Å²) in [6.45, 7) is 7.66. The highest BCUT2D eigenvalue weighted by Gasteiger charge is 2.19. The van der Waals surface area contributed by atoms with Crippen molar-refractivity contribution in [2.45, 2.75) is 34.2 Å². The lowest BCUT2D eigenvalue weighted by Crippen LogP contribution is -2.28. The van der Waals surface area contributed by atoms with Crippen molar-refractivity contribution in [1.29, 1.82) is 0 Å². The van der Waals surface area contributed by atoms with Crippen LogP contribution in [0, 0.1) is 27.7 Å². The molecular weight excluding hydrogens is 444 g/mol. The predicted molar refractivity (Wildman–Crippen MR) is 132 cm³/mol. The molecular formula is C26H24N6O3. The molecule has 3 heterocycles. The minimum absolute atomic E-state index is 0.231. The van der Waals surface area contributed by atoms with Crippen molar-refractivity contribution < 1.29 is 9.32 Å². The van der Waals surface area contributed by atoms with Gasteiger partial charge in [0.2, 0.25) is 11.7 Å². The monoisotopic (exact) mass is 468 g/mol. The number of carbonyl (C=O) groups excluding carboxylic acids is 1. The summed E-state index contributed by atoms with van der Waals surface area (Å²) in [7, 11) is 0. The molecule has 3 aromatic heterocycles. The molecule has 0 atom stereocenters. The molecule has 0 aliphatic heterocycles. The van der Waals surface area contributed by atoms with Crippen LogP contribution in [-0.4, -0.2) is 30.2 Å². The van der Waals surface area contributed by atoms with Crippen LogP contribution in [0.4, 0.5) is 5.69 Å². The molecule has 1 amide bonds. The second-order valence-corrected chi connectivity index (χ2v) is 8.67. The van der Waals surface area contributed by atoms with E-state index in [0.29, 0.717) is 17.0 Å². The summed E-state index contributed by atoms with van der Waals surface area (Å²) < 4.78 is 7.97. The first-order chi connectivity index (χ1) is 16.8. The summed E-state index contributed by atoms with van der Waals surface area (Å²) in [5, 5.41) is 11.4. The average Bonchev–Trinajstić information content (AvgIpc) is 3.42. The molecule has 0 saturated heterocycles. The Kier molecular flexibility index (Phi) is 5.52. The fourth-order valence-electron chi connectivity index (χ4n) is 4.15. The maximum Gasteiger partial charge on any atom is 0.350 e. The van der Waals surface area contributed by atoms with Gasteiger partial charge in [-0.05, 0) is 51.0 Å². The van der Waals surface area contributed by atoms with E-state index in [1.54, 1.807) is 18.3 Å². The van der Waals surface area contributed by atoms with Crippen LogP contribution in [0.5, 0.6) is 0 Å². The van der Waals surface area contributed by atoms with Crippen LogP contribution in [0.25, 0.3) is 28.5 Å². The van der Waals surface area contributed by atoms with E-state index in [-0.39, 0.29) is 18.3 Å². The number of aryl methyl sites for hydroxylation is 4. The molecule has 176 valence electrons. The first kappa shape index (κ1) is 22.3. The van der Waals surface area contributed by atoms with E-state index < -0.39 is 5.69 Å². The highest BCUT2D eigenvalue weighted by molar-refractivity contribution is 5.92. The van der Waals surface area contributed by atoms with Crippen LogP contribution in [0.15, 0.2) is 64.0 Å². The minimum atomic E-state index is -0.437. The standard InChI is InChI=1S/C26H24N6O3/c1-15-7-9-19(10-8-15)23-28-25(35-30-23)20-6-5-11-31-24(20)29-32(26(31)34)14-21(33)27-22-17(3)12-16(2)13-18(22)4/h5-13H,14H2,1-4H3,(H,27,33).